The van der Waals surface area contributed by atoms with Crippen LogP contribution in [0.2, 0.25) is 0 Å². The molecule has 0 amide bonds. The molecule has 5 nitrogen and oxygen atoms in total. The zero-order valence-corrected chi connectivity index (χ0v) is 11.4. The van der Waals surface area contributed by atoms with Crippen LogP contribution >= 0.6 is 0 Å². The molecule has 1 aromatic carbocycles. The average molecular weight is 269 g/mol. The number of carbonyl (C=O) groups is 1. The molecule has 0 saturated heterocycles. The Morgan fingerprint density at radius 2 is 2.10 bits per heavy atom. The number of rotatable bonds is 2. The number of esters is 1. The predicted octanol–water partition coefficient (Wildman–Crippen LogP) is 2.49. The lowest BCUT2D eigenvalue weighted by molar-refractivity contribution is 0.0521. The molecule has 0 aliphatic heterocycles. The maximum atomic E-state index is 11.9. The van der Waals surface area contributed by atoms with E-state index in [0.29, 0.717) is 12.3 Å². The minimum absolute atomic E-state index is 0.172. The molecule has 3 rings (SSSR count). The van der Waals surface area contributed by atoms with Gasteiger partial charge < -0.3 is 15.0 Å². The fourth-order valence-corrected chi connectivity index (χ4v) is 2.44. The number of anilines is 1. The van der Waals surface area contributed by atoms with Crippen molar-refractivity contribution in [1.29, 1.82) is 0 Å². The number of para-hydroxylation sites is 1. The van der Waals surface area contributed by atoms with E-state index >= 15 is 0 Å². The molecule has 0 unspecified atom stereocenters. The SMILES string of the molecule is CCOC(=O)c1nc2c(cc1N)c1ccccc1n2C. The number of ether oxygens (including phenoxy) is 1. The van der Waals surface area contributed by atoms with Crippen LogP contribution in [0, 0.1) is 0 Å². The summed E-state index contributed by atoms with van der Waals surface area (Å²) in [7, 11) is 1.92. The van der Waals surface area contributed by atoms with Gasteiger partial charge in [0.05, 0.1) is 17.8 Å². The summed E-state index contributed by atoms with van der Waals surface area (Å²) in [6, 6.07) is 9.75. The van der Waals surface area contributed by atoms with Crippen molar-refractivity contribution in [1.82, 2.24) is 9.55 Å². The standard InChI is InChI=1S/C15H15N3O2/c1-3-20-15(19)13-11(16)8-10-9-6-4-5-7-12(9)18(2)14(10)17-13/h4-8H,3,16H2,1-2H3. The van der Waals surface area contributed by atoms with Gasteiger partial charge in [-0.05, 0) is 19.1 Å². The highest BCUT2D eigenvalue weighted by Gasteiger charge is 2.17. The average Bonchev–Trinajstić information content (AvgIpc) is 2.72. The molecule has 3 aromatic rings. The summed E-state index contributed by atoms with van der Waals surface area (Å²) < 4.78 is 6.93. The van der Waals surface area contributed by atoms with Crippen molar-refractivity contribution in [3.05, 3.63) is 36.0 Å². The van der Waals surface area contributed by atoms with E-state index in [-0.39, 0.29) is 5.69 Å². The molecule has 0 fully saturated rings. The monoisotopic (exact) mass is 269 g/mol. The number of nitrogens with zero attached hydrogens (tertiary/aromatic N) is 2. The molecule has 0 atom stereocenters. The van der Waals surface area contributed by atoms with Crippen LogP contribution in [0.4, 0.5) is 5.69 Å². The summed E-state index contributed by atoms with van der Waals surface area (Å²) >= 11 is 0. The van der Waals surface area contributed by atoms with Crippen molar-refractivity contribution in [2.24, 2.45) is 7.05 Å². The normalized spacial score (nSPS) is 11.1. The highest BCUT2D eigenvalue weighted by Crippen LogP contribution is 2.29. The quantitative estimate of drug-likeness (QED) is 0.725. The molecular weight excluding hydrogens is 254 g/mol. The van der Waals surface area contributed by atoms with Gasteiger partial charge in [-0.1, -0.05) is 18.2 Å². The Labute approximate surface area is 116 Å². The molecule has 2 aromatic heterocycles. The van der Waals surface area contributed by atoms with Crippen LogP contribution in [-0.4, -0.2) is 22.1 Å². The van der Waals surface area contributed by atoms with E-state index in [1.165, 1.54) is 0 Å². The number of hydrogen-bond donors (Lipinski definition) is 1. The van der Waals surface area contributed by atoms with Gasteiger partial charge in [-0.25, -0.2) is 9.78 Å². The Balaban J connectivity index is 2.33. The van der Waals surface area contributed by atoms with Crippen molar-refractivity contribution in [2.75, 3.05) is 12.3 Å². The van der Waals surface area contributed by atoms with Crippen molar-refractivity contribution in [3.8, 4) is 0 Å². The first-order chi connectivity index (χ1) is 9.63. The second kappa shape index (κ2) is 4.52. The van der Waals surface area contributed by atoms with Crippen molar-refractivity contribution >= 4 is 33.6 Å². The molecule has 0 saturated carbocycles. The molecule has 0 aliphatic carbocycles. The number of fused-ring (bicyclic) bond motifs is 3. The highest BCUT2D eigenvalue weighted by atomic mass is 16.5. The lowest BCUT2D eigenvalue weighted by atomic mass is 10.1. The predicted molar refractivity (Wildman–Crippen MR) is 78.6 cm³/mol. The van der Waals surface area contributed by atoms with Crippen LogP contribution in [0.15, 0.2) is 30.3 Å². The Kier molecular flexibility index (Phi) is 2.82. The van der Waals surface area contributed by atoms with E-state index in [1.54, 1.807) is 13.0 Å². The van der Waals surface area contributed by atoms with Crippen LogP contribution in [0.1, 0.15) is 17.4 Å². The summed E-state index contributed by atoms with van der Waals surface area (Å²) in [5.41, 5.74) is 8.23. The van der Waals surface area contributed by atoms with E-state index in [0.717, 1.165) is 21.9 Å². The lowest BCUT2D eigenvalue weighted by Crippen LogP contribution is -2.11. The van der Waals surface area contributed by atoms with E-state index in [4.69, 9.17) is 10.5 Å². The van der Waals surface area contributed by atoms with Gasteiger partial charge in [0.1, 0.15) is 5.65 Å². The van der Waals surface area contributed by atoms with E-state index in [2.05, 4.69) is 4.98 Å². The summed E-state index contributed by atoms with van der Waals surface area (Å²) in [5, 5.41) is 2.01. The van der Waals surface area contributed by atoms with Crippen LogP contribution in [0.3, 0.4) is 0 Å². The first kappa shape index (κ1) is 12.5. The highest BCUT2D eigenvalue weighted by molar-refractivity contribution is 6.09. The van der Waals surface area contributed by atoms with Crippen molar-refractivity contribution < 1.29 is 9.53 Å². The van der Waals surface area contributed by atoms with Gasteiger partial charge in [-0.2, -0.15) is 0 Å². The zero-order valence-electron chi connectivity index (χ0n) is 11.4. The Morgan fingerprint density at radius 1 is 1.35 bits per heavy atom. The summed E-state index contributed by atoms with van der Waals surface area (Å²) in [6.45, 7) is 2.05. The second-order valence-corrected chi connectivity index (χ2v) is 4.59. The number of aryl methyl sites for hydroxylation is 1. The number of benzene rings is 1. The van der Waals surface area contributed by atoms with Crippen molar-refractivity contribution in [3.63, 3.8) is 0 Å². The first-order valence-electron chi connectivity index (χ1n) is 6.44. The summed E-state index contributed by atoms with van der Waals surface area (Å²) in [6.07, 6.45) is 0. The van der Waals surface area contributed by atoms with Gasteiger partial charge in [0.2, 0.25) is 0 Å². The van der Waals surface area contributed by atoms with Crippen LogP contribution < -0.4 is 5.73 Å². The lowest BCUT2D eigenvalue weighted by Gasteiger charge is -2.05. The van der Waals surface area contributed by atoms with Gasteiger partial charge in [-0.15, -0.1) is 0 Å². The minimum atomic E-state index is -0.489. The second-order valence-electron chi connectivity index (χ2n) is 4.59. The van der Waals surface area contributed by atoms with Crippen LogP contribution in [0.25, 0.3) is 21.9 Å². The van der Waals surface area contributed by atoms with Crippen LogP contribution in [0.5, 0.6) is 0 Å². The van der Waals surface area contributed by atoms with E-state index < -0.39 is 5.97 Å². The van der Waals surface area contributed by atoms with Gasteiger partial charge >= 0.3 is 5.97 Å². The maximum absolute atomic E-state index is 11.9. The summed E-state index contributed by atoms with van der Waals surface area (Å²) in [4.78, 5) is 16.3. The maximum Gasteiger partial charge on any atom is 0.359 e. The molecule has 20 heavy (non-hydrogen) atoms. The molecule has 0 aliphatic rings. The third-order valence-electron chi connectivity index (χ3n) is 3.37. The van der Waals surface area contributed by atoms with Gasteiger partial charge in [0.15, 0.2) is 5.69 Å². The first-order valence-corrected chi connectivity index (χ1v) is 6.44. The summed E-state index contributed by atoms with van der Waals surface area (Å²) in [5.74, 6) is -0.489. The Hall–Kier alpha value is -2.56. The fourth-order valence-electron chi connectivity index (χ4n) is 2.44. The minimum Gasteiger partial charge on any atom is -0.461 e. The fraction of sp³-hybridized carbons (Fsp3) is 0.200. The number of aromatic nitrogens is 2. The topological polar surface area (TPSA) is 70.1 Å². The third kappa shape index (κ3) is 1.71. The zero-order chi connectivity index (χ0) is 14.3. The number of hydrogen-bond acceptors (Lipinski definition) is 4. The van der Waals surface area contributed by atoms with Crippen molar-refractivity contribution in [2.45, 2.75) is 6.92 Å². The Bertz CT molecular complexity index is 821. The number of pyridine rings is 1. The number of nitrogen functional groups attached to an aromatic ring is 1. The van der Waals surface area contributed by atoms with Crippen LogP contribution in [-0.2, 0) is 11.8 Å². The molecule has 2 N–H and O–H groups in total. The molecule has 0 bridgehead atoms. The molecule has 5 heteroatoms. The molecule has 2 heterocycles. The molecule has 0 radical (unpaired) electrons. The smallest absolute Gasteiger partial charge is 0.359 e. The van der Waals surface area contributed by atoms with E-state index in [9.17, 15) is 4.79 Å². The van der Waals surface area contributed by atoms with Gasteiger partial charge in [0, 0.05) is 17.8 Å². The molecule has 102 valence electrons. The van der Waals surface area contributed by atoms with Gasteiger partial charge in [0.25, 0.3) is 0 Å². The van der Waals surface area contributed by atoms with Gasteiger partial charge in [-0.3, -0.25) is 0 Å². The largest absolute Gasteiger partial charge is 0.461 e. The third-order valence-corrected chi connectivity index (χ3v) is 3.37. The molecular formula is C15H15N3O2. The van der Waals surface area contributed by atoms with E-state index in [1.807, 2.05) is 35.9 Å². The molecule has 0 spiro atoms. The number of carbonyl (C=O) groups excluding carboxylic acids is 1. The Morgan fingerprint density at radius 3 is 2.85 bits per heavy atom. The number of nitrogens with two attached hydrogens (primary N) is 1.